The van der Waals surface area contributed by atoms with Gasteiger partial charge in [0.1, 0.15) is 44.2 Å². The van der Waals surface area contributed by atoms with Gasteiger partial charge in [-0.25, -0.2) is 0 Å². The van der Waals surface area contributed by atoms with E-state index in [9.17, 15) is 4.79 Å². The number of aryl methyl sites for hydroxylation is 1. The van der Waals surface area contributed by atoms with E-state index >= 15 is 4.79 Å². The monoisotopic (exact) mass is 978 g/mol. The van der Waals surface area contributed by atoms with E-state index in [0.717, 1.165) is 99.0 Å². The third-order valence-corrected chi connectivity index (χ3v) is 18.9. The molecule has 0 unspecified atom stereocenters. The van der Waals surface area contributed by atoms with Crippen molar-refractivity contribution in [2.75, 3.05) is 22.9 Å². The molecule has 0 N–H and O–H groups in total. The number of allylic oxidation sites excluding steroid dienone is 2. The van der Waals surface area contributed by atoms with Gasteiger partial charge in [-0.2, -0.15) is 0 Å². The molecule has 0 aromatic carbocycles. The number of furan rings is 2. The van der Waals surface area contributed by atoms with Crippen molar-refractivity contribution in [3.05, 3.63) is 80.3 Å². The molecule has 2 aliphatic rings. The van der Waals surface area contributed by atoms with Crippen LogP contribution in [0.2, 0.25) is 0 Å². The van der Waals surface area contributed by atoms with Gasteiger partial charge in [-0.3, -0.25) is 9.59 Å². The highest BCUT2D eigenvalue weighted by molar-refractivity contribution is 7.31. The maximum atomic E-state index is 15.1. The zero-order valence-electron chi connectivity index (χ0n) is 41.2. The first kappa shape index (κ1) is 49.7. The van der Waals surface area contributed by atoms with E-state index < -0.39 is 0 Å². The maximum Gasteiger partial charge on any atom is 0.223 e. The molecule has 0 spiro atoms. The summed E-state index contributed by atoms with van der Waals surface area (Å²) in [7, 11) is 0. The highest BCUT2D eigenvalue weighted by Gasteiger charge is 2.45. The standard InChI is InChI=1S/C57H74N2O4S4/c1-7-10-12-14-16-18-20-22-24-26-33-58-40-35-45(43-30-31-44(63-43)47-38-49-48(65-47)37-46(64-49)42-29-28-39(4)62-42)66-55(40)53(60)51(58)52-54(61)56-41(36-50(67-56)57(5,6)32-9-3)59(52)34-27-25-23-21-19-17-15-13-11-8-2/h28-31,35-38H,7-27,32-34H2,1-6H3/b52-51+. The summed E-state index contributed by atoms with van der Waals surface area (Å²) in [6, 6.07) is 17.0. The number of hydrogen-bond donors (Lipinski definition) is 0. The largest absolute Gasteiger partial charge is 0.461 e. The molecule has 0 saturated carbocycles. The van der Waals surface area contributed by atoms with Crippen molar-refractivity contribution in [2.45, 2.75) is 188 Å². The van der Waals surface area contributed by atoms with E-state index in [-0.39, 0.29) is 17.0 Å². The lowest BCUT2D eigenvalue weighted by Gasteiger charge is -2.27. The summed E-state index contributed by atoms with van der Waals surface area (Å²) in [6.07, 6.45) is 27.2. The van der Waals surface area contributed by atoms with E-state index in [2.05, 4.69) is 74.8 Å². The number of anilines is 2. The van der Waals surface area contributed by atoms with Gasteiger partial charge in [0.2, 0.25) is 11.6 Å². The van der Waals surface area contributed by atoms with E-state index in [0.29, 0.717) is 22.8 Å². The Labute approximate surface area is 416 Å². The van der Waals surface area contributed by atoms with E-state index in [1.54, 1.807) is 34.0 Å². The molecule has 8 heterocycles. The zero-order valence-corrected chi connectivity index (χ0v) is 44.5. The Morgan fingerprint density at radius 1 is 0.478 bits per heavy atom. The normalized spacial score (nSPS) is 15.1. The second kappa shape index (κ2) is 23.3. The number of thiophene rings is 4. The number of nitrogens with zero attached hydrogens (tertiary/aromatic N) is 2. The summed E-state index contributed by atoms with van der Waals surface area (Å²) >= 11 is 6.63. The van der Waals surface area contributed by atoms with Crippen molar-refractivity contribution in [1.82, 2.24) is 0 Å². The summed E-state index contributed by atoms with van der Waals surface area (Å²) in [5.74, 6) is 3.42. The molecule has 6 aromatic rings. The predicted molar refractivity (Wildman–Crippen MR) is 289 cm³/mol. The van der Waals surface area contributed by atoms with Crippen LogP contribution < -0.4 is 9.80 Å². The van der Waals surface area contributed by atoms with Crippen LogP contribution in [0.4, 0.5) is 11.4 Å². The number of hydrogen-bond acceptors (Lipinski definition) is 10. The lowest BCUT2D eigenvalue weighted by molar-refractivity contribution is 0.101. The number of carbonyl (C=O) groups excluding carboxylic acids is 2. The molecule has 0 saturated heterocycles. The van der Waals surface area contributed by atoms with Gasteiger partial charge in [0.05, 0.1) is 26.0 Å². The lowest BCUT2D eigenvalue weighted by atomic mass is 9.86. The van der Waals surface area contributed by atoms with Crippen LogP contribution in [-0.4, -0.2) is 24.7 Å². The van der Waals surface area contributed by atoms with Gasteiger partial charge in [-0.15, -0.1) is 45.3 Å². The van der Waals surface area contributed by atoms with Gasteiger partial charge < -0.3 is 18.6 Å². The summed E-state index contributed by atoms with van der Waals surface area (Å²) < 4.78 is 14.9. The number of Topliss-reactive ketones (excluding diaryl/α,β-unsaturated/α-hetero) is 2. The molecule has 360 valence electrons. The van der Waals surface area contributed by atoms with Crippen molar-refractivity contribution in [3.8, 4) is 31.9 Å². The summed E-state index contributed by atoms with van der Waals surface area (Å²) in [5.41, 5.74) is 3.10. The smallest absolute Gasteiger partial charge is 0.223 e. The van der Waals surface area contributed by atoms with Crippen molar-refractivity contribution < 1.29 is 18.4 Å². The van der Waals surface area contributed by atoms with E-state index in [1.165, 1.54) is 128 Å². The Morgan fingerprint density at radius 3 is 1.36 bits per heavy atom. The molecule has 0 radical (unpaired) electrons. The number of rotatable bonds is 28. The second-order valence-electron chi connectivity index (χ2n) is 19.8. The van der Waals surface area contributed by atoms with Crippen molar-refractivity contribution in [1.29, 1.82) is 0 Å². The van der Waals surface area contributed by atoms with Crippen LogP contribution in [-0.2, 0) is 5.41 Å². The lowest BCUT2D eigenvalue weighted by Crippen LogP contribution is -2.32. The first-order valence-corrected chi connectivity index (χ1v) is 29.3. The number of carbonyl (C=O) groups is 2. The Bertz CT molecular complexity index is 2570. The Morgan fingerprint density at radius 2 is 0.896 bits per heavy atom. The average molecular weight is 979 g/mol. The van der Waals surface area contributed by atoms with Crippen LogP contribution in [0.25, 0.3) is 41.3 Å². The quantitative estimate of drug-likeness (QED) is 0.0360. The van der Waals surface area contributed by atoms with E-state index in [4.69, 9.17) is 8.83 Å². The number of unbranched alkanes of at least 4 members (excludes halogenated alkanes) is 18. The first-order valence-electron chi connectivity index (χ1n) is 26.0. The van der Waals surface area contributed by atoms with Crippen LogP contribution in [0.3, 0.4) is 0 Å². The molecule has 0 fully saturated rings. The van der Waals surface area contributed by atoms with Crippen LogP contribution in [0, 0.1) is 6.92 Å². The zero-order chi connectivity index (χ0) is 46.9. The van der Waals surface area contributed by atoms with Gasteiger partial charge in [-0.1, -0.05) is 157 Å². The molecule has 2 aliphatic heterocycles. The molecule has 6 nitrogen and oxygen atoms in total. The molecule has 10 heteroatoms. The molecular weight excluding hydrogens is 905 g/mol. The molecule has 0 bridgehead atoms. The van der Waals surface area contributed by atoms with Crippen molar-refractivity contribution in [3.63, 3.8) is 0 Å². The Kier molecular flexibility index (Phi) is 17.3. The van der Waals surface area contributed by atoms with Gasteiger partial charge in [0, 0.05) is 27.4 Å². The fourth-order valence-electron chi connectivity index (χ4n) is 10.1. The minimum Gasteiger partial charge on any atom is -0.461 e. The van der Waals surface area contributed by atoms with Gasteiger partial charge >= 0.3 is 0 Å². The van der Waals surface area contributed by atoms with Crippen LogP contribution in [0.15, 0.2) is 68.8 Å². The summed E-state index contributed by atoms with van der Waals surface area (Å²) in [6.45, 7) is 14.8. The van der Waals surface area contributed by atoms with Gasteiger partial charge in [0.25, 0.3) is 0 Å². The fourth-order valence-corrected chi connectivity index (χ4v) is 14.7. The Balaban J connectivity index is 1.04. The molecule has 6 aromatic heterocycles. The predicted octanol–water partition coefficient (Wildman–Crippen LogP) is 19.4. The molecule has 67 heavy (non-hydrogen) atoms. The Hall–Kier alpha value is -3.70. The molecule has 0 aliphatic carbocycles. The average Bonchev–Trinajstić information content (AvgIpc) is 4.17. The second-order valence-corrected chi connectivity index (χ2v) is 24.1. The van der Waals surface area contributed by atoms with E-state index in [1.807, 2.05) is 25.1 Å². The van der Waals surface area contributed by atoms with Gasteiger partial charge in [0.15, 0.2) is 0 Å². The van der Waals surface area contributed by atoms with Crippen molar-refractivity contribution in [2.24, 2.45) is 0 Å². The van der Waals surface area contributed by atoms with Crippen molar-refractivity contribution >= 4 is 77.7 Å². The third-order valence-electron chi connectivity index (χ3n) is 13.9. The maximum absolute atomic E-state index is 15.1. The molecule has 0 amide bonds. The molecule has 8 rings (SSSR count). The SMILES string of the molecule is CCCCCCCCCCCCN1/C(=C2\C(=O)c3sc(C(C)(C)CCC)cc3N2CCCCCCCCCCCC)C(=O)c2sc(-c3ccc(-c4cc5sc(-c6ccc(C)o6)cc5s4)o3)cc21. The highest BCUT2D eigenvalue weighted by atomic mass is 32.1. The minimum absolute atomic E-state index is 0.0140. The fraction of sp³-hybridized carbons (Fsp3) is 0.544. The summed E-state index contributed by atoms with van der Waals surface area (Å²) in [5, 5.41) is 0. The highest BCUT2D eigenvalue weighted by Crippen LogP contribution is 2.51. The van der Waals surface area contributed by atoms with Crippen LogP contribution >= 0.6 is 45.3 Å². The van der Waals surface area contributed by atoms with Gasteiger partial charge in [-0.05, 0) is 80.1 Å². The topological polar surface area (TPSA) is 66.9 Å². The van der Waals surface area contributed by atoms with Crippen LogP contribution in [0.1, 0.15) is 206 Å². The van der Waals surface area contributed by atoms with Crippen LogP contribution in [0.5, 0.6) is 0 Å². The molecular formula is C57H74N2O4S4. The molecule has 0 atom stereocenters. The summed E-state index contributed by atoms with van der Waals surface area (Å²) in [4.78, 5) is 40.5. The third kappa shape index (κ3) is 11.5. The number of fused-ring (bicyclic) bond motifs is 3. The minimum atomic E-state index is -0.0238. The first-order chi connectivity index (χ1) is 32.6. The number of ketones is 2.